The summed E-state index contributed by atoms with van der Waals surface area (Å²) in [4.78, 5) is 3.86. The number of aromatic nitrogens is 1. The van der Waals surface area contributed by atoms with Crippen molar-refractivity contribution < 1.29 is 13.2 Å². The van der Waals surface area contributed by atoms with E-state index in [1.807, 2.05) is 0 Å². The molecule has 1 N–H and O–H groups in total. The molecule has 100 valence electrons. The minimum atomic E-state index is -3.66. The maximum Gasteiger partial charge on any atom is 0.263 e. The third-order valence-electron chi connectivity index (χ3n) is 2.35. The number of nitrogens with one attached hydrogen (secondary N) is 1. The summed E-state index contributed by atoms with van der Waals surface area (Å²) in [6.07, 6.45) is 2.77. The lowest BCUT2D eigenvalue weighted by Gasteiger charge is -2.09. The summed E-state index contributed by atoms with van der Waals surface area (Å²) >= 11 is 5.93. The van der Waals surface area contributed by atoms with Crippen LogP contribution in [0.4, 0.5) is 5.69 Å². The summed E-state index contributed by atoms with van der Waals surface area (Å²) in [6, 6.07) is 7.65. The lowest BCUT2D eigenvalue weighted by Crippen LogP contribution is -2.13. The number of hydrogen-bond donors (Lipinski definition) is 1. The van der Waals surface area contributed by atoms with E-state index in [2.05, 4.69) is 9.71 Å². The van der Waals surface area contributed by atoms with Crippen LogP contribution in [0.1, 0.15) is 0 Å². The number of hydrogen-bond acceptors (Lipinski definition) is 4. The number of sulfonamides is 1. The number of anilines is 1. The van der Waals surface area contributed by atoms with Crippen LogP contribution >= 0.6 is 11.6 Å². The van der Waals surface area contributed by atoms with Gasteiger partial charge in [0.2, 0.25) is 0 Å². The highest BCUT2D eigenvalue weighted by Gasteiger charge is 2.14. The van der Waals surface area contributed by atoms with E-state index in [1.165, 1.54) is 31.6 Å². The van der Waals surface area contributed by atoms with E-state index in [9.17, 15) is 8.42 Å². The number of benzene rings is 1. The number of pyridine rings is 1. The minimum absolute atomic E-state index is 0.0851. The molecule has 19 heavy (non-hydrogen) atoms. The van der Waals surface area contributed by atoms with E-state index in [1.54, 1.807) is 18.2 Å². The Labute approximate surface area is 116 Å². The van der Waals surface area contributed by atoms with Gasteiger partial charge in [0.25, 0.3) is 10.0 Å². The summed E-state index contributed by atoms with van der Waals surface area (Å²) in [6.45, 7) is 0. The van der Waals surface area contributed by atoms with Crippen LogP contribution in [-0.2, 0) is 10.0 Å². The van der Waals surface area contributed by atoms with Gasteiger partial charge in [-0.05, 0) is 30.3 Å². The zero-order chi connectivity index (χ0) is 13.9. The zero-order valence-corrected chi connectivity index (χ0v) is 11.6. The molecule has 0 saturated heterocycles. The zero-order valence-electron chi connectivity index (χ0n) is 10.00. The van der Waals surface area contributed by atoms with Crippen molar-refractivity contribution in [3.05, 3.63) is 47.7 Å². The van der Waals surface area contributed by atoms with Crippen molar-refractivity contribution in [1.82, 2.24) is 4.98 Å². The highest BCUT2D eigenvalue weighted by Crippen LogP contribution is 2.28. The molecule has 2 rings (SSSR count). The van der Waals surface area contributed by atoms with E-state index in [-0.39, 0.29) is 4.90 Å². The topological polar surface area (TPSA) is 68.3 Å². The summed E-state index contributed by atoms with van der Waals surface area (Å²) in [5, 5.41) is 0.328. The molecule has 1 aromatic carbocycles. The molecule has 0 radical (unpaired) electrons. The van der Waals surface area contributed by atoms with Gasteiger partial charge in [-0.2, -0.15) is 0 Å². The van der Waals surface area contributed by atoms with E-state index in [0.29, 0.717) is 16.5 Å². The van der Waals surface area contributed by atoms with E-state index in [0.717, 1.165) is 0 Å². The molecule has 0 unspecified atom stereocenters. The first-order valence-electron chi connectivity index (χ1n) is 5.29. The molecule has 0 aliphatic carbocycles. The van der Waals surface area contributed by atoms with Crippen LogP contribution in [-0.4, -0.2) is 20.5 Å². The first-order valence-corrected chi connectivity index (χ1v) is 7.15. The molecule has 0 aliphatic heterocycles. The maximum atomic E-state index is 12.0. The molecule has 0 amide bonds. The normalized spacial score (nSPS) is 11.1. The number of halogens is 1. The largest absolute Gasteiger partial charge is 0.495 e. The van der Waals surface area contributed by atoms with Crippen LogP contribution in [0.25, 0.3) is 0 Å². The fraction of sp³-hybridized carbons (Fsp3) is 0.0833. The fourth-order valence-electron chi connectivity index (χ4n) is 1.45. The molecular weight excluding hydrogens is 288 g/mol. The van der Waals surface area contributed by atoms with Crippen molar-refractivity contribution >= 4 is 27.3 Å². The standard InChI is InChI=1S/C12H11ClN2O3S/c1-18-12-5-4-9(7-11(12)13)15-19(16,17)10-3-2-6-14-8-10/h2-8,15H,1H3. The third-order valence-corrected chi connectivity index (χ3v) is 4.01. The van der Waals surface area contributed by atoms with Crippen molar-refractivity contribution in [3.8, 4) is 5.75 Å². The second kappa shape index (κ2) is 5.46. The van der Waals surface area contributed by atoms with Gasteiger partial charge in [-0.3, -0.25) is 9.71 Å². The molecule has 0 atom stereocenters. The summed E-state index contributed by atoms with van der Waals surface area (Å²) in [5.74, 6) is 0.478. The number of ether oxygens (including phenoxy) is 1. The molecular formula is C12H11ClN2O3S. The highest BCUT2D eigenvalue weighted by atomic mass is 35.5. The van der Waals surface area contributed by atoms with Crippen LogP contribution in [0.2, 0.25) is 5.02 Å². The van der Waals surface area contributed by atoms with Crippen LogP contribution < -0.4 is 9.46 Å². The fourth-order valence-corrected chi connectivity index (χ4v) is 2.72. The van der Waals surface area contributed by atoms with Gasteiger partial charge in [0.05, 0.1) is 17.8 Å². The Bertz CT molecular complexity index is 675. The average Bonchev–Trinajstić information content (AvgIpc) is 2.39. The Morgan fingerprint density at radius 2 is 2.11 bits per heavy atom. The Kier molecular flexibility index (Phi) is 3.92. The van der Waals surface area contributed by atoms with Gasteiger partial charge in [-0.1, -0.05) is 11.6 Å². The predicted octanol–water partition coefficient (Wildman–Crippen LogP) is 2.54. The van der Waals surface area contributed by atoms with Crippen molar-refractivity contribution in [2.75, 3.05) is 11.8 Å². The van der Waals surface area contributed by atoms with Crippen LogP contribution in [0.15, 0.2) is 47.6 Å². The minimum Gasteiger partial charge on any atom is -0.495 e. The summed E-state index contributed by atoms with van der Waals surface area (Å²) in [7, 11) is -2.17. The van der Waals surface area contributed by atoms with Gasteiger partial charge in [0, 0.05) is 12.4 Å². The van der Waals surface area contributed by atoms with E-state index in [4.69, 9.17) is 16.3 Å². The van der Waals surface area contributed by atoms with Gasteiger partial charge in [0.1, 0.15) is 10.6 Å². The molecule has 5 nitrogen and oxygen atoms in total. The summed E-state index contributed by atoms with van der Waals surface area (Å²) in [5.41, 5.74) is 0.356. The smallest absolute Gasteiger partial charge is 0.263 e. The first kappa shape index (κ1) is 13.6. The average molecular weight is 299 g/mol. The monoisotopic (exact) mass is 298 g/mol. The van der Waals surface area contributed by atoms with Gasteiger partial charge in [-0.15, -0.1) is 0 Å². The lowest BCUT2D eigenvalue weighted by atomic mass is 10.3. The Morgan fingerprint density at radius 1 is 1.32 bits per heavy atom. The Morgan fingerprint density at radius 3 is 2.68 bits per heavy atom. The van der Waals surface area contributed by atoms with Gasteiger partial charge in [0.15, 0.2) is 0 Å². The number of methoxy groups -OCH3 is 1. The molecule has 0 fully saturated rings. The van der Waals surface area contributed by atoms with Crippen LogP contribution in [0.3, 0.4) is 0 Å². The Balaban J connectivity index is 2.29. The molecule has 7 heteroatoms. The molecule has 2 aromatic rings. The molecule has 0 bridgehead atoms. The van der Waals surface area contributed by atoms with Crippen molar-refractivity contribution in [1.29, 1.82) is 0 Å². The van der Waals surface area contributed by atoms with E-state index >= 15 is 0 Å². The van der Waals surface area contributed by atoms with Crippen LogP contribution in [0.5, 0.6) is 5.75 Å². The second-order valence-corrected chi connectivity index (χ2v) is 5.73. The molecule has 0 spiro atoms. The summed E-state index contributed by atoms with van der Waals surface area (Å²) < 4.78 is 31.5. The van der Waals surface area contributed by atoms with Gasteiger partial charge < -0.3 is 4.74 Å². The molecule has 1 heterocycles. The second-order valence-electron chi connectivity index (χ2n) is 3.64. The first-order chi connectivity index (χ1) is 9.03. The third kappa shape index (κ3) is 3.15. The highest BCUT2D eigenvalue weighted by molar-refractivity contribution is 7.92. The van der Waals surface area contributed by atoms with Crippen LogP contribution in [0, 0.1) is 0 Å². The van der Waals surface area contributed by atoms with Crippen molar-refractivity contribution in [3.63, 3.8) is 0 Å². The van der Waals surface area contributed by atoms with Gasteiger partial charge in [-0.25, -0.2) is 8.42 Å². The maximum absolute atomic E-state index is 12.0. The predicted molar refractivity (Wildman–Crippen MR) is 73.0 cm³/mol. The quantitative estimate of drug-likeness (QED) is 0.942. The van der Waals surface area contributed by atoms with Gasteiger partial charge >= 0.3 is 0 Å². The number of nitrogens with zero attached hydrogens (tertiary/aromatic N) is 1. The SMILES string of the molecule is COc1ccc(NS(=O)(=O)c2cccnc2)cc1Cl. The number of rotatable bonds is 4. The van der Waals surface area contributed by atoms with E-state index < -0.39 is 10.0 Å². The molecule has 0 aliphatic rings. The Hall–Kier alpha value is -1.79. The van der Waals surface area contributed by atoms with Crippen molar-refractivity contribution in [2.45, 2.75) is 4.90 Å². The lowest BCUT2D eigenvalue weighted by molar-refractivity contribution is 0.415. The molecule has 1 aromatic heterocycles. The molecule has 0 saturated carbocycles. The van der Waals surface area contributed by atoms with Crippen molar-refractivity contribution in [2.24, 2.45) is 0 Å².